The van der Waals surface area contributed by atoms with Gasteiger partial charge in [0.25, 0.3) is 0 Å². The fourth-order valence-electron chi connectivity index (χ4n) is 1.75. The molecule has 0 amide bonds. The maximum absolute atomic E-state index is 12.4. The van der Waals surface area contributed by atoms with Gasteiger partial charge < -0.3 is 10.5 Å². The maximum Gasteiger partial charge on any atom is 0.244 e. The van der Waals surface area contributed by atoms with Gasteiger partial charge in [-0.15, -0.1) is 11.3 Å². The van der Waals surface area contributed by atoms with E-state index < -0.39 is 10.0 Å². The number of sulfonamides is 1. The van der Waals surface area contributed by atoms with Crippen LogP contribution in [0.25, 0.3) is 0 Å². The topological polar surface area (TPSA) is 81.4 Å². The van der Waals surface area contributed by atoms with Crippen LogP contribution in [-0.4, -0.2) is 15.5 Å². The molecule has 0 fully saturated rings. The first-order valence-corrected chi connectivity index (χ1v) is 9.22. The van der Waals surface area contributed by atoms with Crippen molar-refractivity contribution in [3.05, 3.63) is 44.6 Å². The molecule has 1 aromatic carbocycles. The number of nitrogens with two attached hydrogens (primary N) is 1. The van der Waals surface area contributed by atoms with Crippen LogP contribution >= 0.6 is 27.3 Å². The largest absolute Gasteiger partial charge is 0.495 e. The summed E-state index contributed by atoms with van der Waals surface area (Å²) in [6.45, 7) is 0.486. The summed E-state index contributed by atoms with van der Waals surface area (Å²) < 4.78 is 33.5. The Hall–Kier alpha value is -0.930. The quantitative estimate of drug-likeness (QED) is 0.793. The molecule has 0 atom stereocenters. The Morgan fingerprint density at radius 2 is 2.14 bits per heavy atom. The van der Waals surface area contributed by atoms with E-state index in [1.54, 1.807) is 12.1 Å². The van der Waals surface area contributed by atoms with Crippen molar-refractivity contribution in [1.29, 1.82) is 0 Å². The smallest absolute Gasteiger partial charge is 0.244 e. The van der Waals surface area contributed by atoms with Gasteiger partial charge in [-0.05, 0) is 45.1 Å². The summed E-state index contributed by atoms with van der Waals surface area (Å²) >= 11 is 4.85. The summed E-state index contributed by atoms with van der Waals surface area (Å²) in [5.74, 6) is 0.296. The van der Waals surface area contributed by atoms with Gasteiger partial charge in [-0.2, -0.15) is 0 Å². The van der Waals surface area contributed by atoms with E-state index in [2.05, 4.69) is 20.7 Å². The van der Waals surface area contributed by atoms with Crippen molar-refractivity contribution in [3.8, 4) is 5.75 Å². The third-order valence-corrected chi connectivity index (χ3v) is 6.22. The number of hydrogen-bond donors (Lipinski definition) is 2. The van der Waals surface area contributed by atoms with E-state index in [4.69, 9.17) is 10.5 Å². The summed E-state index contributed by atoms with van der Waals surface area (Å²) in [7, 11) is -2.24. The normalized spacial score (nSPS) is 11.6. The monoisotopic (exact) mass is 390 g/mol. The van der Waals surface area contributed by atoms with Gasteiger partial charge in [0.1, 0.15) is 10.6 Å². The Balaban J connectivity index is 2.28. The fourth-order valence-corrected chi connectivity index (χ4v) is 4.48. The molecule has 3 N–H and O–H groups in total. The zero-order valence-electron chi connectivity index (χ0n) is 11.3. The van der Waals surface area contributed by atoms with Crippen LogP contribution in [0.2, 0.25) is 0 Å². The average Bonchev–Trinajstić information content (AvgIpc) is 2.90. The Morgan fingerprint density at radius 1 is 1.38 bits per heavy atom. The van der Waals surface area contributed by atoms with Gasteiger partial charge in [0.15, 0.2) is 0 Å². The van der Waals surface area contributed by atoms with Crippen LogP contribution < -0.4 is 15.2 Å². The van der Waals surface area contributed by atoms with Gasteiger partial charge in [0, 0.05) is 22.4 Å². The molecule has 0 unspecified atom stereocenters. The number of halogens is 1. The minimum atomic E-state index is -3.67. The van der Waals surface area contributed by atoms with Crippen LogP contribution in [0.15, 0.2) is 39.0 Å². The number of thiophene rings is 1. The van der Waals surface area contributed by atoms with Crippen LogP contribution in [0, 0.1) is 0 Å². The molecule has 5 nitrogen and oxygen atoms in total. The highest BCUT2D eigenvalue weighted by Crippen LogP contribution is 2.26. The van der Waals surface area contributed by atoms with E-state index in [0.29, 0.717) is 5.75 Å². The lowest BCUT2D eigenvalue weighted by atomic mass is 10.2. The second-order valence-corrected chi connectivity index (χ2v) is 7.80. The highest BCUT2D eigenvalue weighted by molar-refractivity contribution is 9.10. The molecule has 1 aromatic heterocycles. The van der Waals surface area contributed by atoms with Crippen molar-refractivity contribution in [3.63, 3.8) is 0 Å². The van der Waals surface area contributed by atoms with Crippen LogP contribution in [0.5, 0.6) is 5.75 Å². The zero-order valence-corrected chi connectivity index (χ0v) is 14.5. The van der Waals surface area contributed by atoms with Crippen molar-refractivity contribution < 1.29 is 13.2 Å². The molecule has 0 saturated carbocycles. The second-order valence-electron chi connectivity index (χ2n) is 4.21. The first-order chi connectivity index (χ1) is 9.97. The molecule has 2 rings (SSSR count). The van der Waals surface area contributed by atoms with Gasteiger partial charge >= 0.3 is 0 Å². The molecular formula is C13H15BrN2O3S2. The predicted molar refractivity (Wildman–Crippen MR) is 86.9 cm³/mol. The van der Waals surface area contributed by atoms with E-state index in [1.165, 1.54) is 24.5 Å². The van der Waals surface area contributed by atoms with Crippen molar-refractivity contribution in [2.24, 2.45) is 5.73 Å². The molecular weight excluding hydrogens is 376 g/mol. The fraction of sp³-hybridized carbons (Fsp3) is 0.231. The van der Waals surface area contributed by atoms with Gasteiger partial charge in [0.05, 0.1) is 7.11 Å². The first-order valence-electron chi connectivity index (χ1n) is 6.06. The molecule has 0 aliphatic carbocycles. The van der Waals surface area contributed by atoms with Gasteiger partial charge in [0.2, 0.25) is 10.0 Å². The van der Waals surface area contributed by atoms with Crippen molar-refractivity contribution in [2.45, 2.75) is 18.0 Å². The molecule has 0 saturated heterocycles. The third-order valence-electron chi connectivity index (χ3n) is 2.87. The standard InChI is InChI=1S/C13H15BrN2O3S2/c1-19-11-3-2-9(7-15)6-13(11)21(17,18)16-8-12-10(14)4-5-20-12/h2-6,16H,7-8,15H2,1H3. The minimum Gasteiger partial charge on any atom is -0.495 e. The van der Waals surface area contributed by atoms with Crippen LogP contribution in [-0.2, 0) is 23.1 Å². The molecule has 2 aromatic rings. The number of benzene rings is 1. The van der Waals surface area contributed by atoms with Crippen molar-refractivity contribution >= 4 is 37.3 Å². The lowest BCUT2D eigenvalue weighted by molar-refractivity contribution is 0.402. The second kappa shape index (κ2) is 6.89. The van der Waals surface area contributed by atoms with Crippen LogP contribution in [0.4, 0.5) is 0 Å². The molecule has 0 radical (unpaired) electrons. The van der Waals surface area contributed by atoms with Crippen LogP contribution in [0.3, 0.4) is 0 Å². The average molecular weight is 391 g/mol. The third kappa shape index (κ3) is 3.83. The van der Waals surface area contributed by atoms with E-state index >= 15 is 0 Å². The number of rotatable bonds is 6. The summed E-state index contributed by atoms with van der Waals surface area (Å²) in [4.78, 5) is 1.01. The van der Waals surface area contributed by atoms with Gasteiger partial charge in [-0.3, -0.25) is 0 Å². The van der Waals surface area contributed by atoms with E-state index in [1.807, 2.05) is 11.4 Å². The molecule has 1 heterocycles. The van der Waals surface area contributed by atoms with Crippen molar-refractivity contribution in [2.75, 3.05) is 7.11 Å². The lowest BCUT2D eigenvalue weighted by Crippen LogP contribution is -2.23. The number of ether oxygens (including phenoxy) is 1. The van der Waals surface area contributed by atoms with Gasteiger partial charge in [-0.25, -0.2) is 13.1 Å². The predicted octanol–water partition coefficient (Wildman–Crippen LogP) is 2.46. The summed E-state index contributed by atoms with van der Waals surface area (Å²) in [6.07, 6.45) is 0. The number of methoxy groups -OCH3 is 1. The highest BCUT2D eigenvalue weighted by Gasteiger charge is 2.20. The van der Waals surface area contributed by atoms with Crippen molar-refractivity contribution in [1.82, 2.24) is 4.72 Å². The Kier molecular flexibility index (Phi) is 5.39. The minimum absolute atomic E-state index is 0.0978. The first kappa shape index (κ1) is 16.4. The van der Waals surface area contributed by atoms with E-state index in [9.17, 15) is 8.42 Å². The molecule has 0 spiro atoms. The maximum atomic E-state index is 12.4. The molecule has 0 aliphatic heterocycles. The number of nitrogens with one attached hydrogen (secondary N) is 1. The zero-order chi connectivity index (χ0) is 15.5. The summed E-state index contributed by atoms with van der Waals surface area (Å²) in [5.41, 5.74) is 6.29. The lowest BCUT2D eigenvalue weighted by Gasteiger charge is -2.11. The number of hydrogen-bond acceptors (Lipinski definition) is 5. The highest BCUT2D eigenvalue weighted by atomic mass is 79.9. The Labute approximate surface area is 136 Å². The molecule has 8 heteroatoms. The molecule has 21 heavy (non-hydrogen) atoms. The molecule has 0 bridgehead atoms. The molecule has 114 valence electrons. The SMILES string of the molecule is COc1ccc(CN)cc1S(=O)(=O)NCc1sccc1Br. The summed E-state index contributed by atoms with van der Waals surface area (Å²) in [5, 5.41) is 1.89. The Bertz CT molecular complexity index is 729. The van der Waals surface area contributed by atoms with Gasteiger partial charge in [-0.1, -0.05) is 6.07 Å². The van der Waals surface area contributed by atoms with E-state index in [0.717, 1.165) is 14.9 Å². The Morgan fingerprint density at radius 3 is 2.71 bits per heavy atom. The van der Waals surface area contributed by atoms with Crippen LogP contribution in [0.1, 0.15) is 10.4 Å². The molecule has 0 aliphatic rings. The summed E-state index contributed by atoms with van der Waals surface area (Å²) in [6, 6.07) is 6.76. The van der Waals surface area contributed by atoms with E-state index in [-0.39, 0.29) is 18.0 Å².